The summed E-state index contributed by atoms with van der Waals surface area (Å²) in [7, 11) is 1.73. The van der Waals surface area contributed by atoms with Crippen LogP contribution in [0.2, 0.25) is 10.0 Å². The number of halogens is 2. The molecule has 0 fully saturated rings. The first-order valence-electron chi connectivity index (χ1n) is 7.36. The van der Waals surface area contributed by atoms with E-state index in [2.05, 4.69) is 18.7 Å². The van der Waals surface area contributed by atoms with Crippen LogP contribution in [0, 0.1) is 5.92 Å². The van der Waals surface area contributed by atoms with Crippen LogP contribution < -0.4 is 5.73 Å². The second-order valence-electron chi connectivity index (χ2n) is 5.73. The molecule has 2 N–H and O–H groups in total. The third-order valence-electron chi connectivity index (χ3n) is 3.37. The summed E-state index contributed by atoms with van der Waals surface area (Å²) in [5.41, 5.74) is 7.19. The molecule has 0 bridgehead atoms. The van der Waals surface area contributed by atoms with Crippen LogP contribution in [0.4, 0.5) is 0 Å². The molecule has 120 valence electrons. The molecule has 0 spiro atoms. The summed E-state index contributed by atoms with van der Waals surface area (Å²) in [6.45, 7) is 8.05. The Morgan fingerprint density at radius 1 is 1.24 bits per heavy atom. The van der Waals surface area contributed by atoms with Crippen LogP contribution in [-0.2, 0) is 4.74 Å². The number of ether oxygens (including phenoxy) is 1. The minimum Gasteiger partial charge on any atom is -0.383 e. The summed E-state index contributed by atoms with van der Waals surface area (Å²) in [5.74, 6) is 0.618. The molecule has 0 saturated heterocycles. The predicted molar refractivity (Wildman–Crippen MR) is 91.2 cm³/mol. The van der Waals surface area contributed by atoms with Gasteiger partial charge in [0.2, 0.25) is 0 Å². The van der Waals surface area contributed by atoms with Gasteiger partial charge in [0.1, 0.15) is 0 Å². The standard InChI is InChI=1S/C16H26Cl2N2O/c1-12(2)11-20(9-10-21-3)8-7-15(19)13-5-4-6-14(17)16(13)18/h4-6,12,15H,7-11,19H2,1-3H3. The van der Waals surface area contributed by atoms with E-state index in [0.717, 1.165) is 38.2 Å². The monoisotopic (exact) mass is 332 g/mol. The van der Waals surface area contributed by atoms with Crippen molar-refractivity contribution >= 4 is 23.2 Å². The lowest BCUT2D eigenvalue weighted by Crippen LogP contribution is -2.33. The third kappa shape index (κ3) is 6.54. The summed E-state index contributed by atoms with van der Waals surface area (Å²) in [6, 6.07) is 5.51. The van der Waals surface area contributed by atoms with Crippen LogP contribution in [0.1, 0.15) is 31.9 Å². The summed E-state index contributed by atoms with van der Waals surface area (Å²) >= 11 is 12.3. The molecule has 0 aliphatic heterocycles. The van der Waals surface area contributed by atoms with E-state index in [1.165, 1.54) is 0 Å². The lowest BCUT2D eigenvalue weighted by Gasteiger charge is -2.25. The minimum atomic E-state index is -0.103. The van der Waals surface area contributed by atoms with Gasteiger partial charge >= 0.3 is 0 Å². The Morgan fingerprint density at radius 3 is 2.57 bits per heavy atom. The van der Waals surface area contributed by atoms with Crippen LogP contribution in [0.15, 0.2) is 18.2 Å². The fourth-order valence-corrected chi connectivity index (χ4v) is 2.76. The summed E-state index contributed by atoms with van der Waals surface area (Å²) in [5, 5.41) is 1.13. The Labute approximate surface area is 138 Å². The van der Waals surface area contributed by atoms with Crippen LogP contribution in [0.5, 0.6) is 0 Å². The molecule has 1 aromatic rings. The van der Waals surface area contributed by atoms with E-state index in [1.807, 2.05) is 12.1 Å². The molecule has 5 heteroatoms. The van der Waals surface area contributed by atoms with Crippen molar-refractivity contribution in [3.05, 3.63) is 33.8 Å². The molecule has 1 atom stereocenters. The Kier molecular flexibility index (Phi) is 8.60. The zero-order valence-corrected chi connectivity index (χ0v) is 14.6. The first kappa shape index (κ1) is 18.7. The van der Waals surface area contributed by atoms with Crippen molar-refractivity contribution in [2.45, 2.75) is 26.3 Å². The number of hydrogen-bond acceptors (Lipinski definition) is 3. The van der Waals surface area contributed by atoms with E-state index in [1.54, 1.807) is 13.2 Å². The van der Waals surface area contributed by atoms with Crippen molar-refractivity contribution in [3.8, 4) is 0 Å². The maximum atomic E-state index is 6.27. The molecule has 0 aromatic heterocycles. The largest absolute Gasteiger partial charge is 0.383 e. The third-order valence-corrected chi connectivity index (χ3v) is 4.21. The first-order chi connectivity index (χ1) is 9.95. The van der Waals surface area contributed by atoms with E-state index in [0.29, 0.717) is 16.0 Å². The van der Waals surface area contributed by atoms with Gasteiger partial charge in [-0.05, 0) is 24.0 Å². The second-order valence-corrected chi connectivity index (χ2v) is 6.51. The second kappa shape index (κ2) is 9.65. The van der Waals surface area contributed by atoms with Crippen LogP contribution in [0.25, 0.3) is 0 Å². The average molecular weight is 333 g/mol. The van der Waals surface area contributed by atoms with Crippen molar-refractivity contribution in [2.24, 2.45) is 11.7 Å². The summed E-state index contributed by atoms with van der Waals surface area (Å²) < 4.78 is 5.17. The van der Waals surface area contributed by atoms with Crippen LogP contribution in [-0.4, -0.2) is 38.3 Å². The highest BCUT2D eigenvalue weighted by Crippen LogP contribution is 2.30. The van der Waals surface area contributed by atoms with E-state index < -0.39 is 0 Å². The molecule has 0 aliphatic carbocycles. The molecule has 0 aliphatic rings. The molecule has 1 aromatic carbocycles. The van der Waals surface area contributed by atoms with E-state index in [9.17, 15) is 0 Å². The van der Waals surface area contributed by atoms with Gasteiger partial charge in [0.15, 0.2) is 0 Å². The van der Waals surface area contributed by atoms with Crippen molar-refractivity contribution in [2.75, 3.05) is 33.4 Å². The van der Waals surface area contributed by atoms with Crippen LogP contribution >= 0.6 is 23.2 Å². The summed E-state index contributed by atoms with van der Waals surface area (Å²) in [4.78, 5) is 2.38. The van der Waals surface area contributed by atoms with Gasteiger partial charge in [-0.15, -0.1) is 0 Å². The molecule has 0 radical (unpaired) electrons. The molecule has 21 heavy (non-hydrogen) atoms. The van der Waals surface area contributed by atoms with Gasteiger partial charge < -0.3 is 15.4 Å². The molecule has 0 amide bonds. The lowest BCUT2D eigenvalue weighted by atomic mass is 10.0. The fraction of sp³-hybridized carbons (Fsp3) is 0.625. The quantitative estimate of drug-likeness (QED) is 0.743. The molecule has 1 unspecified atom stereocenters. The maximum Gasteiger partial charge on any atom is 0.0640 e. The highest BCUT2D eigenvalue weighted by molar-refractivity contribution is 6.42. The average Bonchev–Trinajstić information content (AvgIpc) is 2.44. The van der Waals surface area contributed by atoms with Gasteiger partial charge in [-0.25, -0.2) is 0 Å². The molecule has 3 nitrogen and oxygen atoms in total. The Balaban J connectivity index is 2.59. The number of methoxy groups -OCH3 is 1. The van der Waals surface area contributed by atoms with Crippen molar-refractivity contribution < 1.29 is 4.74 Å². The van der Waals surface area contributed by atoms with Crippen molar-refractivity contribution in [1.29, 1.82) is 0 Å². The topological polar surface area (TPSA) is 38.5 Å². The van der Waals surface area contributed by atoms with Gasteiger partial charge in [-0.1, -0.05) is 49.2 Å². The van der Waals surface area contributed by atoms with Gasteiger partial charge in [0, 0.05) is 32.8 Å². The number of hydrogen-bond donors (Lipinski definition) is 1. The van der Waals surface area contributed by atoms with E-state index in [4.69, 9.17) is 33.7 Å². The number of nitrogens with zero attached hydrogens (tertiary/aromatic N) is 1. The molecule has 0 heterocycles. The molecule has 0 saturated carbocycles. The molecular formula is C16H26Cl2N2O. The Morgan fingerprint density at radius 2 is 1.95 bits per heavy atom. The lowest BCUT2D eigenvalue weighted by molar-refractivity contribution is 0.138. The van der Waals surface area contributed by atoms with Crippen molar-refractivity contribution in [3.63, 3.8) is 0 Å². The summed E-state index contributed by atoms with van der Waals surface area (Å²) in [6.07, 6.45) is 0.844. The van der Waals surface area contributed by atoms with Crippen molar-refractivity contribution in [1.82, 2.24) is 4.90 Å². The molecular weight excluding hydrogens is 307 g/mol. The predicted octanol–water partition coefficient (Wildman–Crippen LogP) is 3.99. The van der Waals surface area contributed by atoms with Crippen LogP contribution in [0.3, 0.4) is 0 Å². The smallest absolute Gasteiger partial charge is 0.0640 e. The van der Waals surface area contributed by atoms with Gasteiger partial charge in [-0.3, -0.25) is 0 Å². The minimum absolute atomic E-state index is 0.103. The maximum absolute atomic E-state index is 6.27. The normalized spacial score (nSPS) is 13.1. The van der Waals surface area contributed by atoms with Gasteiger partial charge in [-0.2, -0.15) is 0 Å². The number of benzene rings is 1. The zero-order valence-electron chi connectivity index (χ0n) is 13.1. The first-order valence-corrected chi connectivity index (χ1v) is 8.12. The highest BCUT2D eigenvalue weighted by atomic mass is 35.5. The highest BCUT2D eigenvalue weighted by Gasteiger charge is 2.14. The number of rotatable bonds is 9. The molecule has 1 rings (SSSR count). The Bertz CT molecular complexity index is 427. The zero-order chi connectivity index (χ0) is 15.8. The van der Waals surface area contributed by atoms with E-state index >= 15 is 0 Å². The number of nitrogens with two attached hydrogens (primary N) is 1. The Hall–Kier alpha value is -0.320. The fourth-order valence-electron chi connectivity index (χ4n) is 2.32. The van der Waals surface area contributed by atoms with Gasteiger partial charge in [0.25, 0.3) is 0 Å². The SMILES string of the molecule is COCCN(CCC(N)c1cccc(Cl)c1Cl)CC(C)C. The van der Waals surface area contributed by atoms with E-state index in [-0.39, 0.29) is 6.04 Å². The van der Waals surface area contributed by atoms with Gasteiger partial charge in [0.05, 0.1) is 16.7 Å².